The van der Waals surface area contributed by atoms with Gasteiger partial charge in [-0.05, 0) is 30.4 Å². The van der Waals surface area contributed by atoms with E-state index in [1.165, 1.54) is 6.92 Å². The zero-order chi connectivity index (χ0) is 28.6. The van der Waals surface area contributed by atoms with Gasteiger partial charge in [0.15, 0.2) is 0 Å². The van der Waals surface area contributed by atoms with Crippen LogP contribution in [0.3, 0.4) is 0 Å². The number of para-hydroxylation sites is 1. The molecule has 0 fully saturated rings. The molecular formula is C27H41N5O6. The van der Waals surface area contributed by atoms with Gasteiger partial charge in [0.2, 0.25) is 17.7 Å². The van der Waals surface area contributed by atoms with E-state index in [4.69, 9.17) is 5.73 Å². The second-order valence-electron chi connectivity index (χ2n) is 9.97. The highest BCUT2D eigenvalue weighted by molar-refractivity contribution is 5.94. The molecule has 11 nitrogen and oxygen atoms in total. The van der Waals surface area contributed by atoms with E-state index < -0.39 is 54.0 Å². The first kappa shape index (κ1) is 30.8. The van der Waals surface area contributed by atoms with Crippen LogP contribution in [0.15, 0.2) is 30.5 Å². The van der Waals surface area contributed by atoms with Crippen LogP contribution < -0.4 is 21.7 Å². The first-order valence-electron chi connectivity index (χ1n) is 13.0. The molecule has 11 heteroatoms. The van der Waals surface area contributed by atoms with Crippen molar-refractivity contribution in [2.24, 2.45) is 17.6 Å². The lowest BCUT2D eigenvalue weighted by Crippen LogP contribution is -2.60. The van der Waals surface area contributed by atoms with Crippen LogP contribution in [-0.4, -0.2) is 69.2 Å². The quantitative estimate of drug-likeness (QED) is 0.190. The number of rotatable bonds is 14. The SMILES string of the molecule is CCC(C)C(NC(=O)C(N)C(C)O)C(=O)NC(C(=O)NC(Cc1c[nH]c2ccccc12)C(=O)O)C(C)CC. The van der Waals surface area contributed by atoms with Gasteiger partial charge in [-0.3, -0.25) is 14.4 Å². The normalized spacial score (nSPS) is 16.9. The molecule has 7 unspecified atom stereocenters. The van der Waals surface area contributed by atoms with E-state index in [1.807, 2.05) is 38.1 Å². The summed E-state index contributed by atoms with van der Waals surface area (Å²) in [7, 11) is 0. The lowest BCUT2D eigenvalue weighted by molar-refractivity contribution is -0.142. The van der Waals surface area contributed by atoms with Crippen LogP contribution in [0.1, 0.15) is 53.0 Å². The van der Waals surface area contributed by atoms with Crippen LogP contribution >= 0.6 is 0 Å². The standard InChI is InChI=1S/C27H41N5O6/c1-6-14(3)22(32-26(36)23(15(4)7-2)31-24(34)21(28)16(5)33)25(35)30-20(27(37)38)12-17-13-29-19-11-9-8-10-18(17)19/h8-11,13-16,20-23,29,33H,6-7,12,28H2,1-5H3,(H,30,35)(H,31,34)(H,32,36)(H,37,38). The number of carboxylic acid groups (broad SMARTS) is 1. The number of carbonyl (C=O) groups is 4. The fourth-order valence-corrected chi connectivity index (χ4v) is 4.10. The van der Waals surface area contributed by atoms with Gasteiger partial charge >= 0.3 is 5.97 Å². The van der Waals surface area contributed by atoms with E-state index in [2.05, 4.69) is 20.9 Å². The summed E-state index contributed by atoms with van der Waals surface area (Å²) in [4.78, 5) is 54.3. The average molecular weight is 532 g/mol. The highest BCUT2D eigenvalue weighted by Gasteiger charge is 2.35. The Morgan fingerprint density at radius 1 is 0.895 bits per heavy atom. The number of aliphatic hydroxyl groups is 1. The molecule has 38 heavy (non-hydrogen) atoms. The molecule has 0 aliphatic heterocycles. The zero-order valence-corrected chi connectivity index (χ0v) is 22.7. The van der Waals surface area contributed by atoms with Crippen LogP contribution in [0.25, 0.3) is 10.9 Å². The second kappa shape index (κ2) is 13.9. The minimum Gasteiger partial charge on any atom is -0.480 e. The maximum atomic E-state index is 13.3. The first-order chi connectivity index (χ1) is 17.9. The molecule has 3 amide bonds. The fourth-order valence-electron chi connectivity index (χ4n) is 4.10. The summed E-state index contributed by atoms with van der Waals surface area (Å²) in [6.07, 6.45) is 1.74. The average Bonchev–Trinajstić information content (AvgIpc) is 3.30. The highest BCUT2D eigenvalue weighted by Crippen LogP contribution is 2.20. The second-order valence-corrected chi connectivity index (χ2v) is 9.97. The van der Waals surface area contributed by atoms with Crippen molar-refractivity contribution in [3.63, 3.8) is 0 Å². The predicted molar refractivity (Wildman–Crippen MR) is 144 cm³/mol. The molecule has 2 aromatic rings. The van der Waals surface area contributed by atoms with Gasteiger partial charge in [-0.15, -0.1) is 0 Å². The van der Waals surface area contributed by atoms with Gasteiger partial charge < -0.3 is 36.9 Å². The van der Waals surface area contributed by atoms with Crippen LogP contribution in [0.5, 0.6) is 0 Å². The summed E-state index contributed by atoms with van der Waals surface area (Å²) in [6.45, 7) is 8.64. The van der Waals surface area contributed by atoms with Crippen molar-refractivity contribution in [2.45, 2.75) is 84.2 Å². The third kappa shape index (κ3) is 7.78. The van der Waals surface area contributed by atoms with Gasteiger partial charge in [-0.25, -0.2) is 4.79 Å². The number of amides is 3. The Hall–Kier alpha value is -3.44. The maximum Gasteiger partial charge on any atom is 0.326 e. The van der Waals surface area contributed by atoms with Gasteiger partial charge in [-0.1, -0.05) is 58.7 Å². The molecular weight excluding hydrogens is 490 g/mol. The fraction of sp³-hybridized carbons (Fsp3) is 0.556. The molecule has 1 aromatic heterocycles. The number of aromatic nitrogens is 1. The lowest BCUT2D eigenvalue weighted by Gasteiger charge is -2.30. The Labute approximate surface area is 222 Å². The molecule has 210 valence electrons. The highest BCUT2D eigenvalue weighted by atomic mass is 16.4. The first-order valence-corrected chi connectivity index (χ1v) is 13.0. The van der Waals surface area contributed by atoms with E-state index >= 15 is 0 Å². The molecule has 1 heterocycles. The molecule has 0 aliphatic carbocycles. The number of benzene rings is 1. The number of aliphatic hydroxyl groups excluding tert-OH is 1. The molecule has 0 saturated carbocycles. The van der Waals surface area contributed by atoms with Crippen molar-refractivity contribution in [3.8, 4) is 0 Å². The summed E-state index contributed by atoms with van der Waals surface area (Å²) in [6, 6.07) is 2.99. The molecule has 0 aliphatic rings. The molecule has 2 rings (SSSR count). The Balaban J connectivity index is 2.22. The Morgan fingerprint density at radius 3 is 1.95 bits per heavy atom. The number of H-pyrrole nitrogens is 1. The van der Waals surface area contributed by atoms with Crippen LogP contribution in [0.4, 0.5) is 0 Å². The topological polar surface area (TPSA) is 187 Å². The molecule has 8 N–H and O–H groups in total. The third-order valence-electron chi connectivity index (χ3n) is 7.12. The van der Waals surface area contributed by atoms with Crippen molar-refractivity contribution in [1.82, 2.24) is 20.9 Å². The van der Waals surface area contributed by atoms with Crippen LogP contribution in [0.2, 0.25) is 0 Å². The van der Waals surface area contributed by atoms with E-state index in [1.54, 1.807) is 20.0 Å². The number of aromatic amines is 1. The maximum absolute atomic E-state index is 13.3. The number of carbonyl (C=O) groups excluding carboxylic acids is 3. The minimum absolute atomic E-state index is 0.0506. The third-order valence-corrected chi connectivity index (χ3v) is 7.12. The summed E-state index contributed by atoms with van der Waals surface area (Å²) in [5, 5.41) is 28.3. The van der Waals surface area contributed by atoms with E-state index in [-0.39, 0.29) is 18.3 Å². The van der Waals surface area contributed by atoms with Crippen molar-refractivity contribution >= 4 is 34.6 Å². The Bertz CT molecular complexity index is 1120. The summed E-state index contributed by atoms with van der Waals surface area (Å²) < 4.78 is 0. The molecule has 7 atom stereocenters. The Kier molecular flexibility index (Phi) is 11.3. The van der Waals surface area contributed by atoms with Crippen molar-refractivity contribution in [1.29, 1.82) is 0 Å². The molecule has 0 spiro atoms. The minimum atomic E-state index is -1.22. The van der Waals surface area contributed by atoms with E-state index in [9.17, 15) is 29.4 Å². The zero-order valence-electron chi connectivity index (χ0n) is 22.7. The monoisotopic (exact) mass is 531 g/mol. The van der Waals surface area contributed by atoms with Gasteiger partial charge in [0.25, 0.3) is 0 Å². The largest absolute Gasteiger partial charge is 0.480 e. The van der Waals surface area contributed by atoms with E-state index in [0.29, 0.717) is 12.8 Å². The van der Waals surface area contributed by atoms with Crippen molar-refractivity contribution in [2.75, 3.05) is 0 Å². The number of hydrogen-bond acceptors (Lipinski definition) is 6. The molecule has 0 radical (unpaired) electrons. The smallest absolute Gasteiger partial charge is 0.326 e. The Morgan fingerprint density at radius 2 is 1.42 bits per heavy atom. The van der Waals surface area contributed by atoms with Crippen LogP contribution in [0, 0.1) is 11.8 Å². The number of fused-ring (bicyclic) bond motifs is 1. The summed E-state index contributed by atoms with van der Waals surface area (Å²) in [5.74, 6) is -3.72. The number of aliphatic carboxylic acids is 1. The predicted octanol–water partition coefficient (Wildman–Crippen LogP) is 1.05. The number of carboxylic acids is 1. The number of nitrogens with one attached hydrogen (secondary N) is 4. The molecule has 0 bridgehead atoms. The van der Waals surface area contributed by atoms with Gasteiger partial charge in [0.05, 0.1) is 6.10 Å². The molecule has 1 aromatic carbocycles. The van der Waals surface area contributed by atoms with Gasteiger partial charge in [-0.2, -0.15) is 0 Å². The van der Waals surface area contributed by atoms with Gasteiger partial charge in [0, 0.05) is 23.5 Å². The van der Waals surface area contributed by atoms with Crippen LogP contribution in [-0.2, 0) is 25.6 Å². The summed E-state index contributed by atoms with van der Waals surface area (Å²) >= 11 is 0. The summed E-state index contributed by atoms with van der Waals surface area (Å²) in [5.41, 5.74) is 7.33. The number of nitrogens with two attached hydrogens (primary N) is 1. The lowest BCUT2D eigenvalue weighted by atomic mass is 9.94. The molecule has 0 saturated heterocycles. The van der Waals surface area contributed by atoms with Crippen molar-refractivity contribution in [3.05, 3.63) is 36.0 Å². The van der Waals surface area contributed by atoms with E-state index in [0.717, 1.165) is 16.5 Å². The number of hydrogen-bond donors (Lipinski definition) is 7. The van der Waals surface area contributed by atoms with Crippen molar-refractivity contribution < 1.29 is 29.4 Å². The van der Waals surface area contributed by atoms with Gasteiger partial charge in [0.1, 0.15) is 24.2 Å².